The minimum Gasteiger partial charge on any atom is -0.444 e. The summed E-state index contributed by atoms with van der Waals surface area (Å²) in [5, 5.41) is 2.31. The SMILES string of the molecule is CC(C)(C)OC(=O)N[C@]1(CN)C[C@@H]1S(=O)(=O)c1ccc(Cl)cc1. The van der Waals surface area contributed by atoms with Gasteiger partial charge >= 0.3 is 6.09 Å². The van der Waals surface area contributed by atoms with E-state index in [-0.39, 0.29) is 17.9 Å². The number of nitrogens with one attached hydrogen (secondary N) is 1. The summed E-state index contributed by atoms with van der Waals surface area (Å²) in [5.74, 6) is 0. The summed E-state index contributed by atoms with van der Waals surface area (Å²) in [5.41, 5.74) is 4.06. The third-order valence-electron chi connectivity index (χ3n) is 3.64. The summed E-state index contributed by atoms with van der Waals surface area (Å²) in [6, 6.07) is 5.93. The van der Waals surface area contributed by atoms with E-state index in [0.29, 0.717) is 5.02 Å². The van der Waals surface area contributed by atoms with Crippen molar-refractivity contribution in [2.24, 2.45) is 5.73 Å². The van der Waals surface area contributed by atoms with Crippen LogP contribution in [0.25, 0.3) is 0 Å². The summed E-state index contributed by atoms with van der Waals surface area (Å²) in [6.07, 6.45) is -0.412. The first-order valence-corrected chi connectivity index (χ1v) is 9.13. The predicted octanol–water partition coefficient (Wildman–Crippen LogP) is 2.11. The molecular formula is C15H21ClN2O4S. The van der Waals surface area contributed by atoms with Gasteiger partial charge in [0.05, 0.1) is 15.7 Å². The standard InChI is InChI=1S/C15H21ClN2O4S/c1-14(2,3)22-13(19)18-15(9-17)8-12(15)23(20,21)11-6-4-10(16)5-7-11/h4-7,12H,8-9,17H2,1-3H3,(H,18,19)/t12-,15-/m0/s1. The number of hydrogen-bond acceptors (Lipinski definition) is 5. The van der Waals surface area contributed by atoms with Crippen molar-refractivity contribution in [3.63, 3.8) is 0 Å². The number of sulfone groups is 1. The van der Waals surface area contributed by atoms with Crippen molar-refractivity contribution in [3.8, 4) is 0 Å². The van der Waals surface area contributed by atoms with Gasteiger partial charge in [-0.25, -0.2) is 13.2 Å². The molecule has 23 heavy (non-hydrogen) atoms. The van der Waals surface area contributed by atoms with Crippen LogP contribution in [-0.4, -0.2) is 37.4 Å². The zero-order valence-electron chi connectivity index (χ0n) is 13.3. The lowest BCUT2D eigenvalue weighted by atomic mass is 10.2. The summed E-state index contributed by atoms with van der Waals surface area (Å²) < 4.78 is 30.5. The lowest BCUT2D eigenvalue weighted by molar-refractivity contribution is 0.0499. The van der Waals surface area contributed by atoms with Crippen molar-refractivity contribution in [2.45, 2.75) is 48.5 Å². The highest BCUT2D eigenvalue weighted by molar-refractivity contribution is 7.92. The molecule has 0 heterocycles. The molecule has 1 saturated carbocycles. The average Bonchev–Trinajstić information content (AvgIpc) is 3.12. The van der Waals surface area contributed by atoms with Crippen molar-refractivity contribution < 1.29 is 17.9 Å². The highest BCUT2D eigenvalue weighted by Crippen LogP contribution is 2.44. The molecular weight excluding hydrogens is 340 g/mol. The first-order valence-electron chi connectivity index (χ1n) is 7.21. The van der Waals surface area contributed by atoms with Crippen LogP contribution in [0.5, 0.6) is 0 Å². The number of hydrogen-bond donors (Lipinski definition) is 2. The predicted molar refractivity (Wildman–Crippen MR) is 88.2 cm³/mol. The lowest BCUT2D eigenvalue weighted by Crippen LogP contribution is -2.48. The Hall–Kier alpha value is -1.31. The molecule has 1 aliphatic rings. The second-order valence-electron chi connectivity index (χ2n) is 6.68. The molecule has 2 atom stereocenters. The van der Waals surface area contributed by atoms with Gasteiger partial charge in [-0.3, -0.25) is 0 Å². The van der Waals surface area contributed by atoms with E-state index in [1.807, 2.05) is 0 Å². The second kappa shape index (κ2) is 5.96. The molecule has 1 aromatic carbocycles. The Balaban J connectivity index is 2.16. The monoisotopic (exact) mass is 360 g/mol. The van der Waals surface area contributed by atoms with E-state index < -0.39 is 32.3 Å². The Kier molecular flexibility index (Phi) is 4.67. The Morgan fingerprint density at radius 3 is 2.43 bits per heavy atom. The van der Waals surface area contributed by atoms with Crippen molar-refractivity contribution in [1.29, 1.82) is 0 Å². The van der Waals surface area contributed by atoms with Crippen LogP contribution in [0.2, 0.25) is 5.02 Å². The van der Waals surface area contributed by atoms with E-state index in [1.165, 1.54) is 24.3 Å². The molecule has 128 valence electrons. The first kappa shape index (κ1) is 18.0. The van der Waals surface area contributed by atoms with Crippen molar-refractivity contribution >= 4 is 27.5 Å². The summed E-state index contributed by atoms with van der Waals surface area (Å²) in [6.45, 7) is 5.22. The Morgan fingerprint density at radius 2 is 1.96 bits per heavy atom. The lowest BCUT2D eigenvalue weighted by Gasteiger charge is -2.23. The number of benzene rings is 1. The molecule has 8 heteroatoms. The maximum absolute atomic E-state index is 12.7. The summed E-state index contributed by atoms with van der Waals surface area (Å²) in [4.78, 5) is 12.1. The van der Waals surface area contributed by atoms with E-state index in [9.17, 15) is 13.2 Å². The van der Waals surface area contributed by atoms with Gasteiger partial charge in [0.1, 0.15) is 5.60 Å². The van der Waals surface area contributed by atoms with E-state index in [2.05, 4.69) is 5.32 Å². The zero-order valence-corrected chi connectivity index (χ0v) is 14.9. The molecule has 0 unspecified atom stereocenters. The van der Waals surface area contributed by atoms with Crippen LogP contribution < -0.4 is 11.1 Å². The maximum Gasteiger partial charge on any atom is 0.408 e. The van der Waals surface area contributed by atoms with Crippen LogP contribution in [0.15, 0.2) is 29.2 Å². The largest absolute Gasteiger partial charge is 0.444 e. The van der Waals surface area contributed by atoms with Crippen LogP contribution in [-0.2, 0) is 14.6 Å². The molecule has 0 aliphatic heterocycles. The van der Waals surface area contributed by atoms with E-state index in [4.69, 9.17) is 22.1 Å². The zero-order chi connectivity index (χ0) is 17.5. The number of amides is 1. The fraction of sp³-hybridized carbons (Fsp3) is 0.533. The van der Waals surface area contributed by atoms with Gasteiger partial charge in [-0.15, -0.1) is 0 Å². The molecule has 3 N–H and O–H groups in total. The van der Waals surface area contributed by atoms with Gasteiger partial charge in [0.2, 0.25) is 0 Å². The maximum atomic E-state index is 12.7. The summed E-state index contributed by atoms with van der Waals surface area (Å²) in [7, 11) is -3.60. The van der Waals surface area contributed by atoms with Crippen LogP contribution in [0, 0.1) is 0 Å². The Morgan fingerprint density at radius 1 is 1.39 bits per heavy atom. The minimum absolute atomic E-state index is 0.0176. The van der Waals surface area contributed by atoms with Gasteiger partial charge in [0.25, 0.3) is 0 Å². The number of alkyl carbamates (subject to hydrolysis) is 1. The molecule has 1 aromatic rings. The third kappa shape index (κ3) is 3.97. The topological polar surface area (TPSA) is 98.5 Å². The van der Waals surface area contributed by atoms with Crippen LogP contribution in [0.3, 0.4) is 0 Å². The first-order chi connectivity index (χ1) is 10.5. The quantitative estimate of drug-likeness (QED) is 0.856. The van der Waals surface area contributed by atoms with Crippen LogP contribution in [0.4, 0.5) is 4.79 Å². The van der Waals surface area contributed by atoms with Gasteiger partial charge in [-0.05, 0) is 51.5 Å². The molecule has 6 nitrogen and oxygen atoms in total. The fourth-order valence-corrected chi connectivity index (χ4v) is 4.61. The van der Waals surface area contributed by atoms with Crippen molar-refractivity contribution in [3.05, 3.63) is 29.3 Å². The number of ether oxygens (including phenoxy) is 1. The number of halogens is 1. The molecule has 0 saturated heterocycles. The number of carbonyl (C=O) groups is 1. The van der Waals surface area contributed by atoms with Crippen LogP contribution in [0.1, 0.15) is 27.2 Å². The Bertz CT molecular complexity index is 697. The molecule has 0 aromatic heterocycles. The molecule has 0 spiro atoms. The van der Waals surface area contributed by atoms with Crippen molar-refractivity contribution in [1.82, 2.24) is 5.32 Å². The number of rotatable bonds is 4. The molecule has 1 fully saturated rings. The third-order valence-corrected chi connectivity index (χ3v) is 6.18. The molecule has 1 aliphatic carbocycles. The number of nitrogens with two attached hydrogens (primary N) is 1. The highest BCUT2D eigenvalue weighted by Gasteiger charge is 2.62. The average molecular weight is 361 g/mol. The van der Waals surface area contributed by atoms with Gasteiger partial charge in [-0.2, -0.15) is 0 Å². The minimum atomic E-state index is -3.60. The molecule has 0 radical (unpaired) electrons. The van der Waals surface area contributed by atoms with Crippen molar-refractivity contribution in [2.75, 3.05) is 6.54 Å². The Labute approximate surface area is 141 Å². The molecule has 0 bridgehead atoms. The van der Waals surface area contributed by atoms with E-state index >= 15 is 0 Å². The molecule has 2 rings (SSSR count). The summed E-state index contributed by atoms with van der Waals surface area (Å²) >= 11 is 5.78. The van der Waals surface area contributed by atoms with Gasteiger partial charge in [-0.1, -0.05) is 11.6 Å². The van der Waals surface area contributed by atoms with E-state index in [0.717, 1.165) is 0 Å². The molecule has 1 amide bonds. The fourth-order valence-electron chi connectivity index (χ4n) is 2.37. The smallest absolute Gasteiger partial charge is 0.408 e. The van der Waals surface area contributed by atoms with E-state index in [1.54, 1.807) is 20.8 Å². The van der Waals surface area contributed by atoms with Crippen LogP contribution >= 0.6 is 11.6 Å². The van der Waals surface area contributed by atoms with Gasteiger partial charge in [0, 0.05) is 11.6 Å². The second-order valence-corrected chi connectivity index (χ2v) is 9.25. The van der Waals surface area contributed by atoms with Gasteiger partial charge < -0.3 is 15.8 Å². The number of carbonyl (C=O) groups excluding carboxylic acids is 1. The van der Waals surface area contributed by atoms with Gasteiger partial charge in [0.15, 0.2) is 9.84 Å². The normalized spacial score (nSPS) is 24.1. The highest BCUT2D eigenvalue weighted by atomic mass is 35.5.